The third-order valence-corrected chi connectivity index (χ3v) is 6.19. The molecule has 0 saturated heterocycles. The third kappa shape index (κ3) is 7.85. The second kappa shape index (κ2) is 12.1. The first-order chi connectivity index (χ1) is 17.0. The molecule has 0 fully saturated rings. The summed E-state index contributed by atoms with van der Waals surface area (Å²) in [4.78, 5) is 28.9. The Hall–Kier alpha value is -3.31. The van der Waals surface area contributed by atoms with E-state index in [4.69, 9.17) is 16.3 Å². The van der Waals surface area contributed by atoms with Gasteiger partial charge in [-0.3, -0.25) is 9.59 Å². The predicted molar refractivity (Wildman–Crippen MR) is 145 cm³/mol. The van der Waals surface area contributed by atoms with Gasteiger partial charge in [0.05, 0.1) is 0 Å². The normalized spacial score (nSPS) is 12.1. The number of benzene rings is 3. The quantitative estimate of drug-likeness (QED) is 0.393. The molecular weight excluding hydrogens is 472 g/mol. The van der Waals surface area contributed by atoms with Crippen LogP contribution >= 0.6 is 11.6 Å². The van der Waals surface area contributed by atoms with Crippen molar-refractivity contribution in [3.63, 3.8) is 0 Å². The summed E-state index contributed by atoms with van der Waals surface area (Å²) in [7, 11) is 0. The topological polar surface area (TPSA) is 58.6 Å². The van der Waals surface area contributed by atoms with Crippen molar-refractivity contribution in [1.29, 1.82) is 0 Å². The maximum absolute atomic E-state index is 13.7. The molecule has 0 bridgehead atoms. The summed E-state index contributed by atoms with van der Waals surface area (Å²) in [5.41, 5.74) is 3.47. The van der Waals surface area contributed by atoms with E-state index in [0.29, 0.717) is 17.2 Å². The van der Waals surface area contributed by atoms with Crippen LogP contribution in [0.4, 0.5) is 0 Å². The van der Waals surface area contributed by atoms with Gasteiger partial charge >= 0.3 is 0 Å². The van der Waals surface area contributed by atoms with E-state index in [0.717, 1.165) is 22.3 Å². The average Bonchev–Trinajstić information content (AvgIpc) is 2.83. The largest absolute Gasteiger partial charge is 0.483 e. The van der Waals surface area contributed by atoms with Crippen molar-refractivity contribution < 1.29 is 14.3 Å². The van der Waals surface area contributed by atoms with Crippen LogP contribution in [0, 0.1) is 13.8 Å². The number of nitrogens with zero attached hydrogens (tertiary/aromatic N) is 1. The molecule has 0 saturated carbocycles. The second-order valence-corrected chi connectivity index (χ2v) is 10.5. The molecule has 3 rings (SSSR count). The number of halogens is 1. The fourth-order valence-electron chi connectivity index (χ4n) is 3.90. The van der Waals surface area contributed by atoms with E-state index in [2.05, 4.69) is 5.32 Å². The number of nitrogens with one attached hydrogen (secondary N) is 1. The standard InChI is InChI=1S/C30H35ClN2O3/c1-21-10-9-13-27(22(21)2)36-20-28(34)33(19-24-14-16-25(31)17-15-24)26(29(35)32-30(3,4)5)18-23-11-7-6-8-12-23/h6-17,26H,18-20H2,1-5H3,(H,32,35). The van der Waals surface area contributed by atoms with E-state index in [1.165, 1.54) is 0 Å². The van der Waals surface area contributed by atoms with Gasteiger partial charge in [-0.2, -0.15) is 0 Å². The first-order valence-electron chi connectivity index (χ1n) is 12.1. The number of hydrogen-bond acceptors (Lipinski definition) is 3. The Morgan fingerprint density at radius 3 is 2.22 bits per heavy atom. The summed E-state index contributed by atoms with van der Waals surface area (Å²) < 4.78 is 5.95. The van der Waals surface area contributed by atoms with Gasteiger partial charge in [0.15, 0.2) is 6.61 Å². The van der Waals surface area contributed by atoms with Gasteiger partial charge in [0.25, 0.3) is 5.91 Å². The summed E-state index contributed by atoms with van der Waals surface area (Å²) in [5, 5.41) is 3.68. The number of rotatable bonds is 9. The lowest BCUT2D eigenvalue weighted by atomic mass is 10.0. The Morgan fingerprint density at radius 2 is 1.58 bits per heavy atom. The zero-order chi connectivity index (χ0) is 26.3. The van der Waals surface area contributed by atoms with Gasteiger partial charge in [0.1, 0.15) is 11.8 Å². The first kappa shape index (κ1) is 27.3. The Morgan fingerprint density at radius 1 is 0.917 bits per heavy atom. The van der Waals surface area contributed by atoms with E-state index in [1.54, 1.807) is 17.0 Å². The molecule has 1 N–H and O–H groups in total. The van der Waals surface area contributed by atoms with Gasteiger partial charge in [0, 0.05) is 23.5 Å². The summed E-state index contributed by atoms with van der Waals surface area (Å²) in [5.74, 6) is 0.185. The molecule has 3 aromatic carbocycles. The van der Waals surface area contributed by atoms with E-state index < -0.39 is 11.6 Å². The minimum Gasteiger partial charge on any atom is -0.483 e. The van der Waals surface area contributed by atoms with Crippen LogP contribution in [0.25, 0.3) is 0 Å². The van der Waals surface area contributed by atoms with Crippen LogP contribution in [0.1, 0.15) is 43.0 Å². The number of carbonyl (C=O) groups is 2. The monoisotopic (exact) mass is 506 g/mol. The highest BCUT2D eigenvalue weighted by Gasteiger charge is 2.32. The lowest BCUT2D eigenvalue weighted by Crippen LogP contribution is -2.55. The molecule has 0 aliphatic heterocycles. The van der Waals surface area contributed by atoms with Gasteiger partial charge in [-0.25, -0.2) is 0 Å². The van der Waals surface area contributed by atoms with Gasteiger partial charge < -0.3 is 15.0 Å². The first-order valence-corrected chi connectivity index (χ1v) is 12.5. The third-order valence-electron chi connectivity index (χ3n) is 5.94. The minimum absolute atomic E-state index is 0.175. The number of aryl methyl sites for hydroxylation is 1. The molecule has 5 nitrogen and oxygen atoms in total. The van der Waals surface area contributed by atoms with Crippen molar-refractivity contribution in [2.24, 2.45) is 0 Å². The number of ether oxygens (including phenoxy) is 1. The van der Waals surface area contributed by atoms with E-state index in [-0.39, 0.29) is 25.0 Å². The molecule has 0 spiro atoms. The van der Waals surface area contributed by atoms with Crippen LogP contribution in [-0.4, -0.2) is 34.9 Å². The van der Waals surface area contributed by atoms with E-state index >= 15 is 0 Å². The molecule has 1 atom stereocenters. The summed E-state index contributed by atoms with van der Waals surface area (Å²) >= 11 is 6.08. The Balaban J connectivity index is 1.94. The molecular formula is C30H35ClN2O3. The molecule has 6 heteroatoms. The Labute approximate surface area is 219 Å². The Bertz CT molecular complexity index is 1170. The van der Waals surface area contributed by atoms with E-state index in [9.17, 15) is 9.59 Å². The van der Waals surface area contributed by atoms with Gasteiger partial charge in [0.2, 0.25) is 5.91 Å². The molecule has 1 unspecified atom stereocenters. The Kier molecular flexibility index (Phi) is 9.16. The molecule has 2 amide bonds. The lowest BCUT2D eigenvalue weighted by molar-refractivity contribution is -0.143. The molecule has 0 aromatic heterocycles. The fraction of sp³-hybridized carbons (Fsp3) is 0.333. The van der Waals surface area contributed by atoms with Crippen LogP contribution in [0.2, 0.25) is 5.02 Å². The van der Waals surface area contributed by atoms with Crippen molar-refractivity contribution in [2.75, 3.05) is 6.61 Å². The summed E-state index contributed by atoms with van der Waals surface area (Å²) in [6, 6.07) is 22.1. The minimum atomic E-state index is -0.725. The van der Waals surface area contributed by atoms with Crippen LogP contribution in [0.5, 0.6) is 5.75 Å². The van der Waals surface area contributed by atoms with Gasteiger partial charge in [-0.05, 0) is 75.1 Å². The average molecular weight is 507 g/mol. The number of carbonyl (C=O) groups excluding carboxylic acids is 2. The van der Waals surface area contributed by atoms with E-state index in [1.807, 2.05) is 95.3 Å². The highest BCUT2D eigenvalue weighted by molar-refractivity contribution is 6.30. The van der Waals surface area contributed by atoms with Crippen molar-refractivity contribution >= 4 is 23.4 Å². The van der Waals surface area contributed by atoms with Crippen molar-refractivity contribution in [2.45, 2.75) is 59.2 Å². The second-order valence-electron chi connectivity index (χ2n) is 10.1. The maximum Gasteiger partial charge on any atom is 0.261 e. The highest BCUT2D eigenvalue weighted by Crippen LogP contribution is 2.22. The van der Waals surface area contributed by atoms with Crippen molar-refractivity contribution in [3.8, 4) is 5.75 Å². The molecule has 190 valence electrons. The van der Waals surface area contributed by atoms with Crippen LogP contribution in [0.15, 0.2) is 72.8 Å². The predicted octanol–water partition coefficient (Wildman–Crippen LogP) is 5.89. The van der Waals surface area contributed by atoms with Crippen molar-refractivity contribution in [1.82, 2.24) is 10.2 Å². The zero-order valence-corrected chi connectivity index (χ0v) is 22.4. The SMILES string of the molecule is Cc1cccc(OCC(=O)N(Cc2ccc(Cl)cc2)C(Cc2ccccc2)C(=O)NC(C)(C)C)c1C. The molecule has 3 aromatic rings. The smallest absolute Gasteiger partial charge is 0.261 e. The molecule has 0 heterocycles. The molecule has 0 aliphatic carbocycles. The fourth-order valence-corrected chi connectivity index (χ4v) is 4.02. The lowest BCUT2D eigenvalue weighted by Gasteiger charge is -2.33. The maximum atomic E-state index is 13.7. The van der Waals surface area contributed by atoms with Crippen LogP contribution < -0.4 is 10.1 Å². The highest BCUT2D eigenvalue weighted by atomic mass is 35.5. The molecule has 0 aliphatic rings. The summed E-state index contributed by atoms with van der Waals surface area (Å²) in [6.45, 7) is 9.84. The van der Waals surface area contributed by atoms with Crippen molar-refractivity contribution in [3.05, 3.63) is 100 Å². The number of amides is 2. The van der Waals surface area contributed by atoms with Crippen LogP contribution in [-0.2, 0) is 22.6 Å². The van der Waals surface area contributed by atoms with Gasteiger partial charge in [-0.1, -0.05) is 66.2 Å². The molecule has 0 radical (unpaired) electrons. The zero-order valence-electron chi connectivity index (χ0n) is 21.7. The molecule has 36 heavy (non-hydrogen) atoms. The number of hydrogen-bond donors (Lipinski definition) is 1. The van der Waals surface area contributed by atoms with Gasteiger partial charge in [-0.15, -0.1) is 0 Å². The van der Waals surface area contributed by atoms with Crippen LogP contribution in [0.3, 0.4) is 0 Å². The summed E-state index contributed by atoms with van der Waals surface area (Å²) in [6.07, 6.45) is 0.381.